The summed E-state index contributed by atoms with van der Waals surface area (Å²) in [7, 11) is 1.61. The highest BCUT2D eigenvalue weighted by Gasteiger charge is 2.31. The van der Waals surface area contributed by atoms with Crippen LogP contribution in [0.3, 0.4) is 0 Å². The molecule has 0 aliphatic rings. The fraction of sp³-hybridized carbons (Fsp3) is 0.778. The van der Waals surface area contributed by atoms with Gasteiger partial charge in [-0.1, -0.05) is 20.8 Å². The Hall–Kier alpha value is -1.14. The molecule has 1 unspecified atom stereocenters. The van der Waals surface area contributed by atoms with E-state index >= 15 is 0 Å². The molecule has 0 aromatic rings. The minimum Gasteiger partial charge on any atom is -0.294 e. The van der Waals surface area contributed by atoms with E-state index in [4.69, 9.17) is 5.84 Å². The van der Waals surface area contributed by atoms with Crippen LogP contribution in [0.25, 0.3) is 0 Å². The molecule has 0 heterocycles. The number of nitrogens with one attached hydrogen (secondary N) is 3. The van der Waals surface area contributed by atoms with Gasteiger partial charge >= 0.3 is 0 Å². The highest BCUT2D eigenvalue weighted by atomic mass is 16.2. The lowest BCUT2D eigenvalue weighted by molar-refractivity contribution is -0.132. The van der Waals surface area contributed by atoms with Crippen molar-refractivity contribution in [1.82, 2.24) is 16.3 Å². The number of nitrogens with two attached hydrogens (primary N) is 1. The van der Waals surface area contributed by atoms with E-state index in [1.165, 1.54) is 0 Å². The van der Waals surface area contributed by atoms with Gasteiger partial charge in [0, 0.05) is 18.4 Å². The Morgan fingerprint density at radius 3 is 2.33 bits per heavy atom. The fourth-order valence-electron chi connectivity index (χ4n) is 1.39. The molecule has 6 heteroatoms. The first-order valence-corrected chi connectivity index (χ1v) is 4.82. The van der Waals surface area contributed by atoms with E-state index in [9.17, 15) is 9.59 Å². The van der Waals surface area contributed by atoms with Crippen LogP contribution in [0.15, 0.2) is 0 Å². The van der Waals surface area contributed by atoms with Crippen molar-refractivity contribution in [2.45, 2.75) is 27.2 Å². The minimum absolute atomic E-state index is 0.143. The number of carbonyl (C=O) groups excluding carboxylic acids is 2. The largest absolute Gasteiger partial charge is 0.294 e. The van der Waals surface area contributed by atoms with Crippen molar-refractivity contribution < 1.29 is 9.59 Å². The summed E-state index contributed by atoms with van der Waals surface area (Å²) in [6.07, 6.45) is 0.434. The summed E-state index contributed by atoms with van der Waals surface area (Å²) in [4.78, 5) is 22.8. The molecule has 0 radical (unpaired) electrons. The number of hydrogen-bond acceptors (Lipinski definition) is 4. The molecule has 0 aliphatic carbocycles. The molecule has 0 aromatic carbocycles. The van der Waals surface area contributed by atoms with Crippen LogP contribution in [0.4, 0.5) is 0 Å². The molecule has 0 rings (SSSR count). The van der Waals surface area contributed by atoms with Gasteiger partial charge in [0.25, 0.3) is 0 Å². The van der Waals surface area contributed by atoms with Crippen molar-refractivity contribution in [3.8, 4) is 0 Å². The molecular weight excluding hydrogens is 196 g/mol. The third kappa shape index (κ3) is 4.26. The van der Waals surface area contributed by atoms with E-state index in [-0.39, 0.29) is 17.7 Å². The van der Waals surface area contributed by atoms with E-state index in [0.717, 1.165) is 0 Å². The Morgan fingerprint density at radius 2 is 1.93 bits per heavy atom. The van der Waals surface area contributed by atoms with Crippen LogP contribution in [0, 0.1) is 11.3 Å². The maximum atomic E-state index is 11.4. The van der Waals surface area contributed by atoms with E-state index in [0.29, 0.717) is 6.42 Å². The lowest BCUT2D eigenvalue weighted by Gasteiger charge is -2.25. The first kappa shape index (κ1) is 13.9. The van der Waals surface area contributed by atoms with Gasteiger partial charge in [-0.2, -0.15) is 0 Å². The zero-order chi connectivity index (χ0) is 12.1. The molecule has 0 saturated carbocycles. The molecule has 0 aliphatic heterocycles. The van der Waals surface area contributed by atoms with E-state index in [2.05, 4.69) is 16.3 Å². The first-order chi connectivity index (χ1) is 6.85. The molecule has 5 N–H and O–H groups in total. The van der Waals surface area contributed by atoms with Gasteiger partial charge in [0.05, 0.1) is 0 Å². The molecule has 0 spiro atoms. The van der Waals surface area contributed by atoms with Gasteiger partial charge in [0.15, 0.2) is 0 Å². The number of amides is 2. The van der Waals surface area contributed by atoms with Crippen molar-refractivity contribution in [3.05, 3.63) is 0 Å². The maximum Gasteiger partial charge on any atom is 0.239 e. The number of rotatable bonds is 5. The fourth-order valence-corrected chi connectivity index (χ4v) is 1.39. The SMILES string of the molecule is CNNC(=O)C(C)CC(C)(C)C(=O)NN. The predicted octanol–water partition coefficient (Wildman–Crippen LogP) is -0.721. The van der Waals surface area contributed by atoms with Gasteiger partial charge in [0.2, 0.25) is 11.8 Å². The van der Waals surface area contributed by atoms with Crippen molar-refractivity contribution >= 4 is 11.8 Å². The Labute approximate surface area is 89.9 Å². The van der Waals surface area contributed by atoms with Crippen molar-refractivity contribution in [2.75, 3.05) is 7.05 Å². The molecule has 0 aromatic heterocycles. The Kier molecular flexibility index (Phi) is 5.24. The smallest absolute Gasteiger partial charge is 0.239 e. The number of hydrazine groups is 2. The second-order valence-electron chi connectivity index (χ2n) is 4.20. The molecule has 15 heavy (non-hydrogen) atoms. The normalized spacial score (nSPS) is 13.1. The second-order valence-corrected chi connectivity index (χ2v) is 4.20. The summed E-state index contributed by atoms with van der Waals surface area (Å²) in [6, 6.07) is 0. The van der Waals surface area contributed by atoms with Crippen molar-refractivity contribution in [2.24, 2.45) is 17.2 Å². The summed E-state index contributed by atoms with van der Waals surface area (Å²) in [6.45, 7) is 5.26. The Morgan fingerprint density at radius 1 is 1.40 bits per heavy atom. The zero-order valence-corrected chi connectivity index (χ0v) is 9.68. The lowest BCUT2D eigenvalue weighted by atomic mass is 9.82. The van der Waals surface area contributed by atoms with E-state index < -0.39 is 5.41 Å². The maximum absolute atomic E-state index is 11.4. The Bertz CT molecular complexity index is 240. The van der Waals surface area contributed by atoms with Gasteiger partial charge in [-0.25, -0.2) is 11.3 Å². The molecule has 0 saturated heterocycles. The number of carbonyl (C=O) groups is 2. The Balaban J connectivity index is 4.32. The molecular formula is C9H20N4O2. The van der Waals surface area contributed by atoms with Crippen LogP contribution in [-0.4, -0.2) is 18.9 Å². The van der Waals surface area contributed by atoms with Crippen molar-refractivity contribution in [1.29, 1.82) is 0 Å². The lowest BCUT2D eigenvalue weighted by Crippen LogP contribution is -2.44. The highest BCUT2D eigenvalue weighted by molar-refractivity contribution is 5.83. The van der Waals surface area contributed by atoms with E-state index in [1.54, 1.807) is 27.8 Å². The second kappa shape index (κ2) is 5.67. The van der Waals surface area contributed by atoms with Crippen molar-refractivity contribution in [3.63, 3.8) is 0 Å². The zero-order valence-electron chi connectivity index (χ0n) is 9.68. The molecule has 88 valence electrons. The predicted molar refractivity (Wildman–Crippen MR) is 57.1 cm³/mol. The van der Waals surface area contributed by atoms with Gasteiger partial charge < -0.3 is 0 Å². The van der Waals surface area contributed by atoms with Crippen LogP contribution in [0.5, 0.6) is 0 Å². The molecule has 0 bridgehead atoms. The van der Waals surface area contributed by atoms with Gasteiger partial charge in [0.1, 0.15) is 0 Å². The minimum atomic E-state index is -0.654. The highest BCUT2D eigenvalue weighted by Crippen LogP contribution is 2.25. The number of hydrogen-bond donors (Lipinski definition) is 4. The van der Waals surface area contributed by atoms with E-state index in [1.807, 2.05) is 0 Å². The van der Waals surface area contributed by atoms with Crippen LogP contribution >= 0.6 is 0 Å². The summed E-state index contributed by atoms with van der Waals surface area (Å²) in [5.74, 6) is 4.38. The third-order valence-corrected chi connectivity index (χ3v) is 2.26. The monoisotopic (exact) mass is 216 g/mol. The molecule has 0 fully saturated rings. The molecule has 1 atom stereocenters. The van der Waals surface area contributed by atoms with Crippen LogP contribution < -0.4 is 22.1 Å². The summed E-state index contributed by atoms with van der Waals surface area (Å²) >= 11 is 0. The van der Waals surface area contributed by atoms with Crippen LogP contribution in [0.1, 0.15) is 27.2 Å². The van der Waals surface area contributed by atoms with Gasteiger partial charge in [-0.3, -0.25) is 20.4 Å². The topological polar surface area (TPSA) is 96.2 Å². The average molecular weight is 216 g/mol. The summed E-state index contributed by atoms with van der Waals surface area (Å²) in [5, 5.41) is 0. The average Bonchev–Trinajstić information content (AvgIpc) is 2.16. The summed E-state index contributed by atoms with van der Waals surface area (Å²) in [5.41, 5.74) is 6.47. The standard InChI is InChI=1S/C9H20N4O2/c1-6(7(14)13-11-4)5-9(2,3)8(15)12-10/h6,11H,5,10H2,1-4H3,(H,12,15)(H,13,14). The van der Waals surface area contributed by atoms with Crippen LogP contribution in [0.2, 0.25) is 0 Å². The summed E-state index contributed by atoms with van der Waals surface area (Å²) < 4.78 is 0. The quantitative estimate of drug-likeness (QED) is 0.277. The van der Waals surface area contributed by atoms with Crippen LogP contribution in [-0.2, 0) is 9.59 Å². The molecule has 2 amide bonds. The molecule has 6 nitrogen and oxygen atoms in total. The third-order valence-electron chi connectivity index (χ3n) is 2.26. The van der Waals surface area contributed by atoms with Gasteiger partial charge in [-0.15, -0.1) is 0 Å². The first-order valence-electron chi connectivity index (χ1n) is 4.82. The van der Waals surface area contributed by atoms with Gasteiger partial charge in [-0.05, 0) is 6.42 Å².